The summed E-state index contributed by atoms with van der Waals surface area (Å²) in [5.41, 5.74) is 1.61. The molecular formula is C23H27Cl3N2O3. The van der Waals surface area contributed by atoms with Gasteiger partial charge < -0.3 is 15.0 Å². The van der Waals surface area contributed by atoms with Crippen LogP contribution in [0.2, 0.25) is 15.1 Å². The summed E-state index contributed by atoms with van der Waals surface area (Å²) in [6.07, 6.45) is 0. The van der Waals surface area contributed by atoms with Crippen molar-refractivity contribution >= 4 is 46.6 Å². The number of nitrogens with zero attached hydrogens (tertiary/aromatic N) is 1. The Kier molecular flexibility index (Phi) is 9.48. The fourth-order valence-electron chi connectivity index (χ4n) is 2.80. The first-order chi connectivity index (χ1) is 14.6. The summed E-state index contributed by atoms with van der Waals surface area (Å²) in [4.78, 5) is 27.2. The van der Waals surface area contributed by atoms with Crippen molar-refractivity contribution in [2.24, 2.45) is 5.92 Å². The lowest BCUT2D eigenvalue weighted by Crippen LogP contribution is -2.49. The second-order valence-electron chi connectivity index (χ2n) is 7.78. The molecule has 2 amide bonds. The van der Waals surface area contributed by atoms with Gasteiger partial charge in [0, 0.05) is 18.1 Å². The van der Waals surface area contributed by atoms with E-state index in [1.165, 1.54) is 4.90 Å². The highest BCUT2D eigenvalue weighted by Gasteiger charge is 2.26. The van der Waals surface area contributed by atoms with Crippen LogP contribution in [0.3, 0.4) is 0 Å². The molecule has 1 N–H and O–H groups in total. The summed E-state index contributed by atoms with van der Waals surface area (Å²) in [6.45, 7) is 8.06. The third kappa shape index (κ3) is 7.60. The van der Waals surface area contributed by atoms with Crippen molar-refractivity contribution in [1.29, 1.82) is 0 Å². The minimum Gasteiger partial charge on any atom is -0.484 e. The third-order valence-corrected chi connectivity index (χ3v) is 5.84. The van der Waals surface area contributed by atoms with Gasteiger partial charge in [-0.1, -0.05) is 54.7 Å². The minimum absolute atomic E-state index is 0.189. The maximum absolute atomic E-state index is 13.0. The average molecular weight is 486 g/mol. The molecule has 0 aliphatic heterocycles. The Morgan fingerprint density at radius 2 is 1.68 bits per heavy atom. The van der Waals surface area contributed by atoms with Gasteiger partial charge in [-0.05, 0) is 61.2 Å². The molecule has 5 nitrogen and oxygen atoms in total. The molecule has 2 aromatic carbocycles. The maximum Gasteiger partial charge on any atom is 0.261 e. The topological polar surface area (TPSA) is 58.6 Å². The molecule has 0 bridgehead atoms. The van der Waals surface area contributed by atoms with Crippen molar-refractivity contribution in [1.82, 2.24) is 10.2 Å². The molecule has 0 unspecified atom stereocenters. The first-order valence-corrected chi connectivity index (χ1v) is 11.1. The number of ether oxygens (including phenoxy) is 1. The Bertz CT molecular complexity index is 934. The number of nitrogens with one attached hydrogen (secondary N) is 1. The predicted octanol–water partition coefficient (Wildman–Crippen LogP) is 5.52. The van der Waals surface area contributed by atoms with Crippen LogP contribution in [-0.2, 0) is 16.1 Å². The van der Waals surface area contributed by atoms with Crippen LogP contribution >= 0.6 is 34.8 Å². The molecule has 0 saturated carbocycles. The van der Waals surface area contributed by atoms with E-state index in [1.54, 1.807) is 43.3 Å². The standard InChI is InChI=1S/C23H27Cl3N2O3/c1-14(2)11-27-23(30)16(4)28(12-17-5-7-20(25)21(26)10-17)22(29)13-31-18-6-8-19(24)15(3)9-18/h5-10,14,16H,11-13H2,1-4H3,(H,27,30)/t16-/m0/s1. The number of aryl methyl sites for hydroxylation is 1. The fourth-order valence-corrected chi connectivity index (χ4v) is 3.24. The Labute approximate surface area is 198 Å². The molecule has 0 spiro atoms. The number of carbonyl (C=O) groups excluding carboxylic acids is 2. The maximum atomic E-state index is 13.0. The highest BCUT2D eigenvalue weighted by atomic mass is 35.5. The molecule has 0 aliphatic rings. The van der Waals surface area contributed by atoms with Gasteiger partial charge in [-0.3, -0.25) is 9.59 Å². The molecular weight excluding hydrogens is 459 g/mol. The van der Waals surface area contributed by atoms with Crippen molar-refractivity contribution in [3.8, 4) is 5.75 Å². The van der Waals surface area contributed by atoms with Crippen LogP contribution in [0.15, 0.2) is 36.4 Å². The molecule has 2 rings (SSSR count). The molecule has 31 heavy (non-hydrogen) atoms. The predicted molar refractivity (Wildman–Crippen MR) is 126 cm³/mol. The van der Waals surface area contributed by atoms with Crippen LogP contribution in [0.5, 0.6) is 5.75 Å². The van der Waals surface area contributed by atoms with Gasteiger partial charge >= 0.3 is 0 Å². The Hall–Kier alpha value is -1.95. The van der Waals surface area contributed by atoms with E-state index >= 15 is 0 Å². The minimum atomic E-state index is -0.698. The quantitative estimate of drug-likeness (QED) is 0.508. The van der Waals surface area contributed by atoms with E-state index < -0.39 is 6.04 Å². The summed E-state index contributed by atoms with van der Waals surface area (Å²) in [7, 11) is 0. The highest BCUT2D eigenvalue weighted by molar-refractivity contribution is 6.42. The highest BCUT2D eigenvalue weighted by Crippen LogP contribution is 2.24. The van der Waals surface area contributed by atoms with Gasteiger partial charge in [0.25, 0.3) is 5.91 Å². The monoisotopic (exact) mass is 484 g/mol. The normalized spacial score (nSPS) is 11.9. The van der Waals surface area contributed by atoms with Gasteiger partial charge in [-0.2, -0.15) is 0 Å². The zero-order valence-electron chi connectivity index (χ0n) is 18.0. The summed E-state index contributed by atoms with van der Waals surface area (Å²) in [5, 5.41) is 4.31. The fraction of sp³-hybridized carbons (Fsp3) is 0.391. The van der Waals surface area contributed by atoms with Gasteiger partial charge in [-0.15, -0.1) is 0 Å². The smallest absolute Gasteiger partial charge is 0.261 e. The number of rotatable bonds is 9. The van der Waals surface area contributed by atoms with Crippen molar-refractivity contribution in [3.05, 3.63) is 62.6 Å². The van der Waals surface area contributed by atoms with Crippen molar-refractivity contribution < 1.29 is 14.3 Å². The molecule has 0 heterocycles. The van der Waals surface area contributed by atoms with E-state index in [-0.39, 0.29) is 25.0 Å². The number of halogens is 3. The van der Waals surface area contributed by atoms with E-state index in [1.807, 2.05) is 20.8 Å². The summed E-state index contributed by atoms with van der Waals surface area (Å²) in [5.74, 6) is 0.267. The van der Waals surface area contributed by atoms with Gasteiger partial charge in [-0.25, -0.2) is 0 Å². The lowest BCUT2D eigenvalue weighted by Gasteiger charge is -2.29. The summed E-state index contributed by atoms with van der Waals surface area (Å²) in [6, 6.07) is 9.60. The van der Waals surface area contributed by atoms with Crippen LogP contribution in [0.1, 0.15) is 31.9 Å². The average Bonchev–Trinajstić information content (AvgIpc) is 2.72. The first-order valence-electron chi connectivity index (χ1n) is 9.98. The zero-order valence-corrected chi connectivity index (χ0v) is 20.3. The molecule has 8 heteroatoms. The molecule has 1 atom stereocenters. The van der Waals surface area contributed by atoms with Gasteiger partial charge in [0.15, 0.2) is 6.61 Å². The SMILES string of the molecule is Cc1cc(OCC(=O)N(Cc2ccc(Cl)c(Cl)c2)[C@@H](C)C(=O)NCC(C)C)ccc1Cl. The molecule has 168 valence electrons. The Morgan fingerprint density at radius 3 is 2.29 bits per heavy atom. The summed E-state index contributed by atoms with van der Waals surface area (Å²) >= 11 is 18.2. The van der Waals surface area contributed by atoms with Crippen molar-refractivity contribution in [2.45, 2.75) is 40.3 Å². The van der Waals surface area contributed by atoms with E-state index in [2.05, 4.69) is 5.32 Å². The molecule has 0 saturated heterocycles. The van der Waals surface area contributed by atoms with Crippen molar-refractivity contribution in [3.63, 3.8) is 0 Å². The number of carbonyl (C=O) groups is 2. The molecule has 0 aromatic heterocycles. The number of hydrogen-bond acceptors (Lipinski definition) is 3. The number of hydrogen-bond donors (Lipinski definition) is 1. The number of benzene rings is 2. The largest absolute Gasteiger partial charge is 0.484 e. The van der Waals surface area contributed by atoms with Crippen LogP contribution in [0.4, 0.5) is 0 Å². The van der Waals surface area contributed by atoms with E-state index in [0.29, 0.717) is 33.3 Å². The molecule has 0 aliphatic carbocycles. The second kappa shape index (κ2) is 11.6. The van der Waals surface area contributed by atoms with E-state index in [0.717, 1.165) is 11.1 Å². The van der Waals surface area contributed by atoms with Gasteiger partial charge in [0.2, 0.25) is 5.91 Å². The lowest BCUT2D eigenvalue weighted by molar-refractivity contribution is -0.142. The number of amides is 2. The summed E-state index contributed by atoms with van der Waals surface area (Å²) < 4.78 is 5.66. The van der Waals surface area contributed by atoms with Crippen LogP contribution < -0.4 is 10.1 Å². The second-order valence-corrected chi connectivity index (χ2v) is 9.01. The molecule has 2 aromatic rings. The zero-order chi connectivity index (χ0) is 23.1. The third-order valence-electron chi connectivity index (χ3n) is 4.68. The van der Waals surface area contributed by atoms with Crippen LogP contribution in [0.25, 0.3) is 0 Å². The first kappa shape index (κ1) is 25.3. The van der Waals surface area contributed by atoms with Crippen LogP contribution in [-0.4, -0.2) is 35.9 Å². The van der Waals surface area contributed by atoms with Crippen LogP contribution in [0, 0.1) is 12.8 Å². The van der Waals surface area contributed by atoms with Crippen molar-refractivity contribution in [2.75, 3.05) is 13.2 Å². The molecule has 0 fully saturated rings. The lowest BCUT2D eigenvalue weighted by atomic mass is 10.1. The Morgan fingerprint density at radius 1 is 1.00 bits per heavy atom. The Balaban J connectivity index is 2.17. The molecule has 0 radical (unpaired) electrons. The van der Waals surface area contributed by atoms with E-state index in [4.69, 9.17) is 39.5 Å². The van der Waals surface area contributed by atoms with Gasteiger partial charge in [0.05, 0.1) is 10.0 Å². The van der Waals surface area contributed by atoms with E-state index in [9.17, 15) is 9.59 Å². The van der Waals surface area contributed by atoms with Gasteiger partial charge in [0.1, 0.15) is 11.8 Å².